The summed E-state index contributed by atoms with van der Waals surface area (Å²) in [5, 5.41) is 2.41. The van der Waals surface area contributed by atoms with Crippen LogP contribution < -0.4 is 5.32 Å². The SMILES string of the molecule is CNc1c(F)cccc1F.Cl. The molecule has 1 nitrogen and oxygen atoms in total. The molecule has 0 amide bonds. The van der Waals surface area contributed by atoms with Gasteiger partial charge in [-0.25, -0.2) is 8.78 Å². The lowest BCUT2D eigenvalue weighted by Crippen LogP contribution is -1.95. The minimum absolute atomic E-state index is 0. The third-order valence-electron chi connectivity index (χ3n) is 1.21. The first-order chi connectivity index (χ1) is 4.75. The first-order valence-corrected chi connectivity index (χ1v) is 2.87. The molecule has 0 unspecified atom stereocenters. The van der Waals surface area contributed by atoms with Gasteiger partial charge in [0.2, 0.25) is 0 Å². The molecule has 1 aromatic carbocycles. The Morgan fingerprint density at radius 2 is 1.64 bits per heavy atom. The lowest BCUT2D eigenvalue weighted by molar-refractivity contribution is 0.590. The number of nitrogens with one attached hydrogen (secondary N) is 1. The van der Waals surface area contributed by atoms with E-state index in [1.807, 2.05) is 0 Å². The molecule has 0 aliphatic carbocycles. The number of rotatable bonds is 1. The molecule has 0 aliphatic heterocycles. The predicted molar refractivity (Wildman–Crippen MR) is 43.2 cm³/mol. The van der Waals surface area contributed by atoms with Gasteiger partial charge in [-0.05, 0) is 12.1 Å². The highest BCUT2D eigenvalue weighted by Crippen LogP contribution is 2.16. The summed E-state index contributed by atoms with van der Waals surface area (Å²) in [5.74, 6) is -1.13. The number of halogens is 3. The molecule has 0 spiro atoms. The Kier molecular flexibility index (Phi) is 3.82. The van der Waals surface area contributed by atoms with E-state index in [1.165, 1.54) is 25.2 Å². The molecule has 0 aliphatic rings. The van der Waals surface area contributed by atoms with Crippen LogP contribution in [0.5, 0.6) is 0 Å². The van der Waals surface area contributed by atoms with Crippen molar-refractivity contribution in [1.82, 2.24) is 0 Å². The maximum atomic E-state index is 12.5. The van der Waals surface area contributed by atoms with Gasteiger partial charge in [-0.1, -0.05) is 6.07 Å². The van der Waals surface area contributed by atoms with Crippen LogP contribution in [0.3, 0.4) is 0 Å². The second kappa shape index (κ2) is 4.13. The molecule has 0 saturated heterocycles. The number of hydrogen-bond acceptors (Lipinski definition) is 1. The van der Waals surface area contributed by atoms with Crippen LogP contribution in [0.25, 0.3) is 0 Å². The highest BCUT2D eigenvalue weighted by molar-refractivity contribution is 5.85. The first-order valence-electron chi connectivity index (χ1n) is 2.87. The van der Waals surface area contributed by atoms with Gasteiger partial charge >= 0.3 is 0 Å². The average Bonchev–Trinajstić information content (AvgIpc) is 1.88. The molecule has 0 heterocycles. The summed E-state index contributed by atoms with van der Waals surface area (Å²) in [6, 6.07) is 3.73. The van der Waals surface area contributed by atoms with E-state index in [4.69, 9.17) is 0 Å². The summed E-state index contributed by atoms with van der Waals surface area (Å²) in [4.78, 5) is 0. The Morgan fingerprint density at radius 1 is 1.18 bits per heavy atom. The van der Waals surface area contributed by atoms with Gasteiger partial charge in [0.25, 0.3) is 0 Å². The quantitative estimate of drug-likeness (QED) is 0.698. The number of para-hydroxylation sites is 1. The van der Waals surface area contributed by atoms with Crippen LogP contribution in [0.4, 0.5) is 14.5 Å². The maximum absolute atomic E-state index is 12.5. The monoisotopic (exact) mass is 179 g/mol. The fourth-order valence-corrected chi connectivity index (χ4v) is 0.737. The van der Waals surface area contributed by atoms with E-state index in [2.05, 4.69) is 5.32 Å². The van der Waals surface area contributed by atoms with E-state index in [0.29, 0.717) is 0 Å². The van der Waals surface area contributed by atoms with Crippen molar-refractivity contribution >= 4 is 18.1 Å². The molecule has 1 rings (SSSR count). The Bertz CT molecular complexity index is 220. The van der Waals surface area contributed by atoms with Gasteiger partial charge in [0, 0.05) is 7.05 Å². The van der Waals surface area contributed by atoms with E-state index in [-0.39, 0.29) is 18.1 Å². The molecular weight excluding hydrogens is 172 g/mol. The van der Waals surface area contributed by atoms with Crippen molar-refractivity contribution < 1.29 is 8.78 Å². The third-order valence-corrected chi connectivity index (χ3v) is 1.21. The molecule has 0 aromatic heterocycles. The predicted octanol–water partition coefficient (Wildman–Crippen LogP) is 2.43. The van der Waals surface area contributed by atoms with Gasteiger partial charge in [0.15, 0.2) is 0 Å². The van der Waals surface area contributed by atoms with Gasteiger partial charge in [-0.2, -0.15) is 0 Å². The van der Waals surface area contributed by atoms with Crippen LogP contribution in [-0.2, 0) is 0 Å². The van der Waals surface area contributed by atoms with Gasteiger partial charge in [0.1, 0.15) is 17.3 Å². The van der Waals surface area contributed by atoms with Crippen molar-refractivity contribution in [2.75, 3.05) is 12.4 Å². The second-order valence-electron chi connectivity index (χ2n) is 1.85. The van der Waals surface area contributed by atoms with E-state index < -0.39 is 11.6 Å². The fourth-order valence-electron chi connectivity index (χ4n) is 0.737. The average molecular weight is 180 g/mol. The molecule has 11 heavy (non-hydrogen) atoms. The van der Waals surface area contributed by atoms with Crippen molar-refractivity contribution in [3.8, 4) is 0 Å². The fraction of sp³-hybridized carbons (Fsp3) is 0.143. The number of anilines is 1. The summed E-state index contributed by atoms with van der Waals surface area (Å²) in [6.45, 7) is 0. The van der Waals surface area contributed by atoms with E-state index >= 15 is 0 Å². The summed E-state index contributed by atoms with van der Waals surface area (Å²) in [5.41, 5.74) is -0.0810. The van der Waals surface area contributed by atoms with Crippen LogP contribution in [0.15, 0.2) is 18.2 Å². The molecule has 1 aromatic rings. The zero-order chi connectivity index (χ0) is 7.56. The Labute approximate surface area is 69.8 Å². The topological polar surface area (TPSA) is 12.0 Å². The normalized spacial score (nSPS) is 8.64. The van der Waals surface area contributed by atoms with Gasteiger partial charge in [0.05, 0.1) is 0 Å². The minimum atomic E-state index is -0.567. The van der Waals surface area contributed by atoms with Gasteiger partial charge < -0.3 is 5.32 Å². The summed E-state index contributed by atoms with van der Waals surface area (Å²) < 4.78 is 25.1. The second-order valence-corrected chi connectivity index (χ2v) is 1.85. The standard InChI is InChI=1S/C7H7F2N.ClH/c1-10-7-5(8)3-2-4-6(7)9;/h2-4,10H,1H3;1H. The lowest BCUT2D eigenvalue weighted by atomic mass is 10.3. The van der Waals surface area contributed by atoms with Gasteiger partial charge in [-0.15, -0.1) is 12.4 Å². The molecule has 4 heteroatoms. The highest BCUT2D eigenvalue weighted by Gasteiger charge is 2.03. The Hall–Kier alpha value is -0.830. The van der Waals surface area contributed by atoms with Crippen LogP contribution >= 0.6 is 12.4 Å². The van der Waals surface area contributed by atoms with Crippen molar-refractivity contribution in [3.05, 3.63) is 29.8 Å². The molecule has 62 valence electrons. The first kappa shape index (κ1) is 10.2. The smallest absolute Gasteiger partial charge is 0.149 e. The zero-order valence-electron chi connectivity index (χ0n) is 5.90. The van der Waals surface area contributed by atoms with Crippen LogP contribution in [0.1, 0.15) is 0 Å². The van der Waals surface area contributed by atoms with Crippen molar-refractivity contribution in [1.29, 1.82) is 0 Å². The Morgan fingerprint density at radius 3 is 1.91 bits per heavy atom. The highest BCUT2D eigenvalue weighted by atomic mass is 35.5. The molecular formula is C7H8ClF2N. The van der Waals surface area contributed by atoms with Crippen molar-refractivity contribution in [3.63, 3.8) is 0 Å². The largest absolute Gasteiger partial charge is 0.383 e. The summed E-state index contributed by atoms with van der Waals surface area (Å²) in [6.07, 6.45) is 0. The molecule has 0 atom stereocenters. The summed E-state index contributed by atoms with van der Waals surface area (Å²) in [7, 11) is 1.47. The van der Waals surface area contributed by atoms with Gasteiger partial charge in [-0.3, -0.25) is 0 Å². The molecule has 0 fully saturated rings. The molecule has 0 saturated carbocycles. The van der Waals surface area contributed by atoms with Crippen molar-refractivity contribution in [2.24, 2.45) is 0 Å². The van der Waals surface area contributed by atoms with E-state index in [1.54, 1.807) is 0 Å². The zero-order valence-corrected chi connectivity index (χ0v) is 6.71. The number of benzene rings is 1. The minimum Gasteiger partial charge on any atom is -0.383 e. The van der Waals surface area contributed by atoms with E-state index in [9.17, 15) is 8.78 Å². The van der Waals surface area contributed by atoms with Crippen LogP contribution in [0.2, 0.25) is 0 Å². The third kappa shape index (κ3) is 2.05. The van der Waals surface area contributed by atoms with Crippen LogP contribution in [0, 0.1) is 11.6 Å². The molecule has 1 N–H and O–H groups in total. The van der Waals surface area contributed by atoms with Crippen LogP contribution in [-0.4, -0.2) is 7.05 Å². The maximum Gasteiger partial charge on any atom is 0.149 e. The Balaban J connectivity index is 0.000001000. The molecule has 0 bridgehead atoms. The van der Waals surface area contributed by atoms with Crippen molar-refractivity contribution in [2.45, 2.75) is 0 Å². The summed E-state index contributed by atoms with van der Waals surface area (Å²) >= 11 is 0. The lowest BCUT2D eigenvalue weighted by Gasteiger charge is -2.01. The number of hydrogen-bond donors (Lipinski definition) is 1. The van der Waals surface area contributed by atoms with E-state index in [0.717, 1.165) is 0 Å². The molecule has 0 radical (unpaired) electrons.